The van der Waals surface area contributed by atoms with Crippen LogP contribution in [0.4, 0.5) is 24.8 Å². The van der Waals surface area contributed by atoms with Crippen molar-refractivity contribution >= 4 is 22.9 Å². The minimum absolute atomic E-state index is 0.0819. The summed E-state index contributed by atoms with van der Waals surface area (Å²) in [5, 5.41) is 24.8. The SMILES string of the molecule is O[C@H]1CNCC[C@@H]1CNc1cc(NCc2cn3cc(C4CC4)cc(C(F)(F)F)c3n2)n2ncc(C3CC3)c2n1. The van der Waals surface area contributed by atoms with E-state index in [2.05, 4.69) is 26.0 Å². The first-order valence-corrected chi connectivity index (χ1v) is 13.7. The van der Waals surface area contributed by atoms with Crippen LogP contribution in [-0.4, -0.2) is 54.8 Å². The van der Waals surface area contributed by atoms with Gasteiger partial charge in [0, 0.05) is 43.0 Å². The molecule has 3 aliphatic rings. The molecule has 2 atom stereocenters. The second kappa shape index (κ2) is 9.37. The van der Waals surface area contributed by atoms with Crippen molar-refractivity contribution in [1.29, 1.82) is 0 Å². The van der Waals surface area contributed by atoms with Gasteiger partial charge in [-0.3, -0.25) is 0 Å². The molecule has 7 rings (SSSR count). The van der Waals surface area contributed by atoms with E-state index in [9.17, 15) is 18.3 Å². The first-order chi connectivity index (χ1) is 18.8. The number of pyridine rings is 1. The van der Waals surface area contributed by atoms with Gasteiger partial charge < -0.3 is 25.5 Å². The number of nitrogens with one attached hydrogen (secondary N) is 3. The average Bonchev–Trinajstić information content (AvgIpc) is 3.85. The van der Waals surface area contributed by atoms with Crippen molar-refractivity contribution in [2.75, 3.05) is 30.3 Å². The van der Waals surface area contributed by atoms with Gasteiger partial charge in [-0.25, -0.2) is 9.97 Å². The molecule has 1 saturated heterocycles. The quantitative estimate of drug-likeness (QED) is 0.266. The van der Waals surface area contributed by atoms with Gasteiger partial charge in [0.2, 0.25) is 0 Å². The Kier molecular flexibility index (Phi) is 5.92. The number of aliphatic hydroxyl groups excluding tert-OH is 1. The lowest BCUT2D eigenvalue weighted by atomic mass is 9.95. The zero-order valence-corrected chi connectivity index (χ0v) is 21.4. The molecule has 5 heterocycles. The van der Waals surface area contributed by atoms with Crippen molar-refractivity contribution in [2.45, 2.75) is 62.8 Å². The second-order valence-electron chi connectivity index (χ2n) is 11.1. The first-order valence-electron chi connectivity index (χ1n) is 13.7. The molecular formula is C27H31F3N8O. The summed E-state index contributed by atoms with van der Waals surface area (Å²) in [4.78, 5) is 9.19. The summed E-state index contributed by atoms with van der Waals surface area (Å²) in [5.74, 6) is 2.11. The van der Waals surface area contributed by atoms with Crippen LogP contribution in [0.2, 0.25) is 0 Å². The van der Waals surface area contributed by atoms with Crippen LogP contribution >= 0.6 is 0 Å². The molecule has 4 aromatic heterocycles. The highest BCUT2D eigenvalue weighted by atomic mass is 19.4. The molecule has 3 fully saturated rings. The molecule has 0 spiro atoms. The van der Waals surface area contributed by atoms with E-state index in [1.54, 1.807) is 16.9 Å². The summed E-state index contributed by atoms with van der Waals surface area (Å²) < 4.78 is 44.8. The molecule has 39 heavy (non-hydrogen) atoms. The van der Waals surface area contributed by atoms with E-state index in [0.717, 1.165) is 49.9 Å². The number of aliphatic hydroxyl groups is 1. The maximum atomic E-state index is 13.9. The fourth-order valence-corrected chi connectivity index (χ4v) is 5.53. The molecule has 9 nitrogen and oxygen atoms in total. The van der Waals surface area contributed by atoms with E-state index in [1.165, 1.54) is 10.5 Å². The standard InChI is InChI=1S/C27H31F3N8O/c28-27(29,30)21-7-18(15-1-2-15)13-37-14-19(35-26(21)37)10-33-24-8-23(32-9-17-5-6-31-12-22(17)39)36-25-20(16-3-4-16)11-34-38(24)25/h7-8,11,13-17,22,31,33,39H,1-6,9-10,12H2,(H,32,36)/t17-,22+/m1/s1. The molecular weight excluding hydrogens is 509 g/mol. The number of halogens is 3. The van der Waals surface area contributed by atoms with Gasteiger partial charge in [-0.05, 0) is 62.1 Å². The Morgan fingerprint density at radius 1 is 1.00 bits per heavy atom. The maximum absolute atomic E-state index is 13.9. The number of piperidine rings is 1. The lowest BCUT2D eigenvalue weighted by Crippen LogP contribution is -2.43. The topological polar surface area (TPSA) is 104 Å². The predicted octanol–water partition coefficient (Wildman–Crippen LogP) is 4.15. The van der Waals surface area contributed by atoms with Crippen LogP contribution in [0.1, 0.15) is 66.3 Å². The normalized spacial score (nSPS) is 22.1. The van der Waals surface area contributed by atoms with E-state index in [4.69, 9.17) is 4.98 Å². The number of nitrogens with zero attached hydrogens (tertiary/aromatic N) is 5. The van der Waals surface area contributed by atoms with Gasteiger partial charge >= 0.3 is 6.18 Å². The molecule has 4 N–H and O–H groups in total. The number of hydrogen-bond donors (Lipinski definition) is 4. The Labute approximate surface area is 222 Å². The molecule has 0 unspecified atom stereocenters. The molecule has 0 radical (unpaired) electrons. The maximum Gasteiger partial charge on any atom is 0.419 e. The van der Waals surface area contributed by atoms with Crippen LogP contribution in [0.5, 0.6) is 0 Å². The van der Waals surface area contributed by atoms with Crippen LogP contribution in [0.25, 0.3) is 11.3 Å². The Morgan fingerprint density at radius 3 is 2.56 bits per heavy atom. The number of β-amino-alcohol motifs (C(OH)–C–C–N with tert-alkyl or cyclic N) is 1. The third kappa shape index (κ3) is 4.91. The van der Waals surface area contributed by atoms with Crippen LogP contribution in [0, 0.1) is 5.92 Å². The van der Waals surface area contributed by atoms with Crippen molar-refractivity contribution in [3.63, 3.8) is 0 Å². The van der Waals surface area contributed by atoms with Crippen LogP contribution in [-0.2, 0) is 12.7 Å². The van der Waals surface area contributed by atoms with Crippen molar-refractivity contribution in [3.05, 3.63) is 53.1 Å². The van der Waals surface area contributed by atoms with Gasteiger partial charge in [0.15, 0.2) is 5.65 Å². The Hall–Kier alpha value is -3.38. The summed E-state index contributed by atoms with van der Waals surface area (Å²) in [6.45, 7) is 2.27. The van der Waals surface area contributed by atoms with Crippen LogP contribution in [0.3, 0.4) is 0 Å². The van der Waals surface area contributed by atoms with E-state index >= 15 is 0 Å². The third-order valence-corrected chi connectivity index (χ3v) is 8.08. The smallest absolute Gasteiger partial charge is 0.391 e. The van der Waals surface area contributed by atoms with Crippen molar-refractivity contribution in [2.24, 2.45) is 5.92 Å². The third-order valence-electron chi connectivity index (χ3n) is 8.08. The fraction of sp³-hybridized carbons (Fsp3) is 0.519. The van der Waals surface area contributed by atoms with Crippen molar-refractivity contribution in [3.8, 4) is 0 Å². The highest BCUT2D eigenvalue weighted by Gasteiger charge is 2.36. The minimum Gasteiger partial charge on any atom is -0.391 e. The second-order valence-corrected chi connectivity index (χ2v) is 11.1. The average molecular weight is 541 g/mol. The van der Waals surface area contributed by atoms with Crippen LogP contribution < -0.4 is 16.0 Å². The van der Waals surface area contributed by atoms with Gasteiger partial charge in [-0.2, -0.15) is 22.8 Å². The predicted molar refractivity (Wildman–Crippen MR) is 140 cm³/mol. The molecule has 206 valence electrons. The molecule has 2 saturated carbocycles. The van der Waals surface area contributed by atoms with Crippen LogP contribution in [0.15, 0.2) is 30.7 Å². The first kappa shape index (κ1) is 24.6. The zero-order valence-electron chi connectivity index (χ0n) is 21.4. The highest BCUT2D eigenvalue weighted by Crippen LogP contribution is 2.43. The lowest BCUT2D eigenvalue weighted by molar-refractivity contribution is -0.136. The summed E-state index contributed by atoms with van der Waals surface area (Å²) in [6.07, 6.45) is 5.33. The summed E-state index contributed by atoms with van der Waals surface area (Å²) >= 11 is 0. The largest absolute Gasteiger partial charge is 0.419 e. The van der Waals surface area contributed by atoms with Crippen molar-refractivity contribution in [1.82, 2.24) is 29.3 Å². The molecule has 0 amide bonds. The summed E-state index contributed by atoms with van der Waals surface area (Å²) in [6, 6.07) is 3.11. The lowest BCUT2D eigenvalue weighted by Gasteiger charge is -2.28. The molecule has 4 aromatic rings. The van der Waals surface area contributed by atoms with E-state index in [-0.39, 0.29) is 24.0 Å². The monoisotopic (exact) mass is 540 g/mol. The number of alkyl halides is 3. The Bertz CT molecular complexity index is 1520. The number of aromatic nitrogens is 5. The summed E-state index contributed by atoms with van der Waals surface area (Å²) in [5.41, 5.74) is 2.29. The number of anilines is 2. The van der Waals surface area contributed by atoms with E-state index < -0.39 is 17.8 Å². The highest BCUT2D eigenvalue weighted by molar-refractivity contribution is 5.62. The minimum atomic E-state index is -4.48. The van der Waals surface area contributed by atoms with Crippen molar-refractivity contribution < 1.29 is 18.3 Å². The van der Waals surface area contributed by atoms with Gasteiger partial charge in [-0.15, -0.1) is 0 Å². The fourth-order valence-electron chi connectivity index (χ4n) is 5.53. The Morgan fingerprint density at radius 2 is 1.82 bits per heavy atom. The molecule has 12 heteroatoms. The van der Waals surface area contributed by atoms with E-state index in [1.807, 2.05) is 12.3 Å². The zero-order chi connectivity index (χ0) is 26.7. The van der Waals surface area contributed by atoms with Gasteiger partial charge in [0.05, 0.1) is 30.1 Å². The Balaban J connectivity index is 1.17. The van der Waals surface area contributed by atoms with Gasteiger partial charge in [0.1, 0.15) is 17.3 Å². The molecule has 1 aliphatic heterocycles. The molecule has 0 aromatic carbocycles. The number of imidazole rings is 1. The van der Waals surface area contributed by atoms with Gasteiger partial charge in [0.25, 0.3) is 0 Å². The van der Waals surface area contributed by atoms with Gasteiger partial charge in [-0.1, -0.05) is 0 Å². The number of rotatable bonds is 8. The summed E-state index contributed by atoms with van der Waals surface area (Å²) in [7, 11) is 0. The molecule has 0 bridgehead atoms. The number of hydrogen-bond acceptors (Lipinski definition) is 7. The number of fused-ring (bicyclic) bond motifs is 2. The molecule has 2 aliphatic carbocycles. The van der Waals surface area contributed by atoms with E-state index in [0.29, 0.717) is 41.9 Å².